The third kappa shape index (κ3) is 5.33. The molecule has 0 aromatic heterocycles. The first kappa shape index (κ1) is 14.5. The summed E-state index contributed by atoms with van der Waals surface area (Å²) < 4.78 is 5.89. The van der Waals surface area contributed by atoms with E-state index in [2.05, 4.69) is 43.4 Å². The standard InChI is InChI=1S/C17H27NO/c1-3-18-11-16(13-19-12-15-8-9-15)10-17-7-5-4-6-14(17)2/h4-7,15-16,18H,3,8-13H2,1-2H3. The molecular formula is C17H27NO. The van der Waals surface area contributed by atoms with E-state index in [0.717, 1.165) is 38.6 Å². The molecule has 2 rings (SSSR count). The molecule has 0 spiro atoms. The quantitative estimate of drug-likeness (QED) is 0.737. The molecule has 1 unspecified atom stereocenters. The molecule has 19 heavy (non-hydrogen) atoms. The highest BCUT2D eigenvalue weighted by atomic mass is 16.5. The maximum Gasteiger partial charge on any atom is 0.0509 e. The lowest BCUT2D eigenvalue weighted by Gasteiger charge is -2.18. The van der Waals surface area contributed by atoms with Crippen molar-refractivity contribution < 1.29 is 4.74 Å². The van der Waals surface area contributed by atoms with E-state index in [9.17, 15) is 0 Å². The Kier molecular flexibility index (Phi) is 5.87. The topological polar surface area (TPSA) is 21.3 Å². The van der Waals surface area contributed by atoms with Crippen LogP contribution in [-0.4, -0.2) is 26.3 Å². The van der Waals surface area contributed by atoms with E-state index in [1.807, 2.05) is 0 Å². The van der Waals surface area contributed by atoms with Crippen molar-refractivity contribution in [1.29, 1.82) is 0 Å². The van der Waals surface area contributed by atoms with Gasteiger partial charge in [-0.05, 0) is 55.7 Å². The van der Waals surface area contributed by atoms with Crippen molar-refractivity contribution in [2.45, 2.75) is 33.1 Å². The molecule has 0 saturated heterocycles. The summed E-state index contributed by atoms with van der Waals surface area (Å²) in [6, 6.07) is 8.69. The lowest BCUT2D eigenvalue weighted by Crippen LogP contribution is -2.28. The van der Waals surface area contributed by atoms with Crippen molar-refractivity contribution in [3.05, 3.63) is 35.4 Å². The summed E-state index contributed by atoms with van der Waals surface area (Å²) in [6.07, 6.45) is 3.86. The molecule has 1 atom stereocenters. The van der Waals surface area contributed by atoms with Gasteiger partial charge >= 0.3 is 0 Å². The van der Waals surface area contributed by atoms with Gasteiger partial charge in [0.25, 0.3) is 0 Å². The van der Waals surface area contributed by atoms with Crippen LogP contribution in [-0.2, 0) is 11.2 Å². The summed E-state index contributed by atoms with van der Waals surface area (Å²) >= 11 is 0. The van der Waals surface area contributed by atoms with Crippen molar-refractivity contribution in [3.8, 4) is 0 Å². The van der Waals surface area contributed by atoms with Crippen LogP contribution in [0, 0.1) is 18.8 Å². The van der Waals surface area contributed by atoms with Gasteiger partial charge in [-0.1, -0.05) is 31.2 Å². The summed E-state index contributed by atoms with van der Waals surface area (Å²) in [6.45, 7) is 8.30. The van der Waals surface area contributed by atoms with Gasteiger partial charge in [-0.25, -0.2) is 0 Å². The van der Waals surface area contributed by atoms with Gasteiger partial charge in [-0.2, -0.15) is 0 Å². The van der Waals surface area contributed by atoms with E-state index in [1.54, 1.807) is 0 Å². The van der Waals surface area contributed by atoms with Crippen molar-refractivity contribution >= 4 is 0 Å². The number of hydrogen-bond donors (Lipinski definition) is 1. The molecule has 1 aliphatic carbocycles. The van der Waals surface area contributed by atoms with Gasteiger partial charge in [-0.3, -0.25) is 0 Å². The van der Waals surface area contributed by atoms with Crippen LogP contribution < -0.4 is 5.32 Å². The van der Waals surface area contributed by atoms with Crippen LogP contribution in [0.25, 0.3) is 0 Å². The van der Waals surface area contributed by atoms with Gasteiger partial charge < -0.3 is 10.1 Å². The van der Waals surface area contributed by atoms with Crippen LogP contribution in [0.3, 0.4) is 0 Å². The van der Waals surface area contributed by atoms with E-state index < -0.39 is 0 Å². The number of aryl methyl sites for hydroxylation is 1. The fourth-order valence-electron chi connectivity index (χ4n) is 2.37. The predicted molar refractivity (Wildman–Crippen MR) is 80.5 cm³/mol. The third-order valence-electron chi connectivity index (χ3n) is 3.86. The lowest BCUT2D eigenvalue weighted by atomic mass is 9.96. The average molecular weight is 261 g/mol. The maximum absolute atomic E-state index is 5.89. The summed E-state index contributed by atoms with van der Waals surface area (Å²) in [7, 11) is 0. The second kappa shape index (κ2) is 7.66. The Labute approximate surface area is 117 Å². The molecule has 2 heteroatoms. The Morgan fingerprint density at radius 1 is 1.32 bits per heavy atom. The molecule has 106 valence electrons. The van der Waals surface area contributed by atoms with Gasteiger partial charge in [0, 0.05) is 13.2 Å². The summed E-state index contributed by atoms with van der Waals surface area (Å²) in [5.74, 6) is 1.44. The van der Waals surface area contributed by atoms with Crippen LogP contribution >= 0.6 is 0 Å². The van der Waals surface area contributed by atoms with E-state index in [-0.39, 0.29) is 0 Å². The second-order valence-corrected chi connectivity index (χ2v) is 5.79. The number of rotatable bonds is 9. The highest BCUT2D eigenvalue weighted by Gasteiger charge is 2.22. The van der Waals surface area contributed by atoms with Crippen LogP contribution in [0.1, 0.15) is 30.9 Å². The minimum atomic E-state index is 0.583. The maximum atomic E-state index is 5.89. The first-order chi connectivity index (χ1) is 9.29. The molecule has 1 aromatic carbocycles. The van der Waals surface area contributed by atoms with Crippen LogP contribution in [0.15, 0.2) is 24.3 Å². The van der Waals surface area contributed by atoms with Crippen LogP contribution in [0.5, 0.6) is 0 Å². The van der Waals surface area contributed by atoms with Crippen molar-refractivity contribution in [1.82, 2.24) is 5.32 Å². The Balaban J connectivity index is 1.82. The SMILES string of the molecule is CCNCC(COCC1CC1)Cc1ccccc1C. The number of hydrogen-bond acceptors (Lipinski definition) is 2. The highest BCUT2D eigenvalue weighted by molar-refractivity contribution is 5.25. The first-order valence-corrected chi connectivity index (χ1v) is 7.62. The molecule has 0 aliphatic heterocycles. The average Bonchev–Trinajstić information content (AvgIpc) is 3.22. The molecule has 0 bridgehead atoms. The van der Waals surface area contributed by atoms with Gasteiger partial charge in [0.05, 0.1) is 6.61 Å². The lowest BCUT2D eigenvalue weighted by molar-refractivity contribution is 0.0908. The molecule has 0 radical (unpaired) electrons. The number of ether oxygens (including phenoxy) is 1. The molecule has 0 amide bonds. The summed E-state index contributed by atoms with van der Waals surface area (Å²) in [4.78, 5) is 0. The highest BCUT2D eigenvalue weighted by Crippen LogP contribution is 2.29. The van der Waals surface area contributed by atoms with Gasteiger partial charge in [0.2, 0.25) is 0 Å². The zero-order valence-corrected chi connectivity index (χ0v) is 12.3. The van der Waals surface area contributed by atoms with Crippen molar-refractivity contribution in [3.63, 3.8) is 0 Å². The minimum Gasteiger partial charge on any atom is -0.381 e. The Hall–Kier alpha value is -0.860. The molecule has 1 aliphatic rings. The smallest absolute Gasteiger partial charge is 0.0509 e. The molecule has 0 heterocycles. The van der Waals surface area contributed by atoms with E-state index in [4.69, 9.17) is 4.74 Å². The van der Waals surface area contributed by atoms with E-state index in [1.165, 1.54) is 24.0 Å². The Bertz CT molecular complexity index is 373. The molecule has 2 nitrogen and oxygen atoms in total. The monoisotopic (exact) mass is 261 g/mol. The van der Waals surface area contributed by atoms with Gasteiger partial charge in [0.1, 0.15) is 0 Å². The molecule has 1 fully saturated rings. The predicted octanol–water partition coefficient (Wildman–Crippen LogP) is 3.19. The molecular weight excluding hydrogens is 234 g/mol. The molecule has 1 N–H and O–H groups in total. The minimum absolute atomic E-state index is 0.583. The Morgan fingerprint density at radius 2 is 2.11 bits per heavy atom. The summed E-state index contributed by atoms with van der Waals surface area (Å²) in [5, 5.41) is 3.46. The van der Waals surface area contributed by atoms with Gasteiger partial charge in [0.15, 0.2) is 0 Å². The zero-order valence-electron chi connectivity index (χ0n) is 12.3. The van der Waals surface area contributed by atoms with E-state index >= 15 is 0 Å². The van der Waals surface area contributed by atoms with Gasteiger partial charge in [-0.15, -0.1) is 0 Å². The number of nitrogens with one attached hydrogen (secondary N) is 1. The molecule has 1 aromatic rings. The fraction of sp³-hybridized carbons (Fsp3) is 0.647. The van der Waals surface area contributed by atoms with Crippen LogP contribution in [0.4, 0.5) is 0 Å². The van der Waals surface area contributed by atoms with Crippen molar-refractivity contribution in [2.24, 2.45) is 11.8 Å². The summed E-state index contributed by atoms with van der Waals surface area (Å²) in [5.41, 5.74) is 2.85. The first-order valence-electron chi connectivity index (χ1n) is 7.62. The number of benzene rings is 1. The zero-order chi connectivity index (χ0) is 13.5. The van der Waals surface area contributed by atoms with Crippen molar-refractivity contribution in [2.75, 3.05) is 26.3 Å². The largest absolute Gasteiger partial charge is 0.381 e. The molecule has 1 saturated carbocycles. The normalized spacial score (nSPS) is 16.5. The Morgan fingerprint density at radius 3 is 2.79 bits per heavy atom. The third-order valence-corrected chi connectivity index (χ3v) is 3.86. The van der Waals surface area contributed by atoms with Crippen LogP contribution in [0.2, 0.25) is 0 Å². The fourth-order valence-corrected chi connectivity index (χ4v) is 2.37. The second-order valence-electron chi connectivity index (χ2n) is 5.79. The van der Waals surface area contributed by atoms with E-state index in [0.29, 0.717) is 5.92 Å².